The number of rotatable bonds is 4. The molecule has 7 nitrogen and oxygen atoms in total. The lowest BCUT2D eigenvalue weighted by Crippen LogP contribution is -2.40. The molecular weight excluding hydrogens is 390 g/mol. The highest BCUT2D eigenvalue weighted by Crippen LogP contribution is 2.22. The zero-order chi connectivity index (χ0) is 20.4. The van der Waals surface area contributed by atoms with Gasteiger partial charge < -0.3 is 9.64 Å². The van der Waals surface area contributed by atoms with Crippen molar-refractivity contribution in [2.24, 2.45) is 5.92 Å². The summed E-state index contributed by atoms with van der Waals surface area (Å²) in [5, 5.41) is 1.78. The first-order valence-corrected chi connectivity index (χ1v) is 10.4. The summed E-state index contributed by atoms with van der Waals surface area (Å²) in [6.07, 6.45) is 2.80. The Kier molecular flexibility index (Phi) is 5.44. The average molecular weight is 411 g/mol. The molecule has 1 amide bonds. The Hall–Kier alpha value is -3.00. The van der Waals surface area contributed by atoms with E-state index in [4.69, 9.17) is 4.74 Å². The monoisotopic (exact) mass is 411 g/mol. The maximum absolute atomic E-state index is 12.7. The van der Waals surface area contributed by atoms with Crippen LogP contribution in [0.15, 0.2) is 46.7 Å². The van der Waals surface area contributed by atoms with Crippen LogP contribution in [0, 0.1) is 12.8 Å². The molecule has 0 N–H and O–H groups in total. The lowest BCUT2D eigenvalue weighted by Gasteiger charge is -2.31. The van der Waals surface area contributed by atoms with Gasteiger partial charge in [-0.3, -0.25) is 18.8 Å². The van der Waals surface area contributed by atoms with Crippen LogP contribution in [-0.2, 0) is 16.1 Å². The van der Waals surface area contributed by atoms with Crippen LogP contribution in [0.2, 0.25) is 0 Å². The molecule has 2 aromatic heterocycles. The quantitative estimate of drug-likeness (QED) is 0.617. The number of aromatic nitrogens is 2. The fourth-order valence-electron chi connectivity index (χ4n) is 3.53. The summed E-state index contributed by atoms with van der Waals surface area (Å²) < 4.78 is 6.85. The average Bonchev–Trinajstić information content (AvgIpc) is 3.21. The molecule has 1 aromatic carbocycles. The number of nitrogens with zero attached hydrogens (tertiary/aromatic N) is 3. The smallest absolute Gasteiger partial charge is 0.309 e. The molecule has 1 fully saturated rings. The molecule has 0 aliphatic carbocycles. The molecule has 8 heteroatoms. The minimum Gasteiger partial charge on any atom is -0.459 e. The molecule has 4 rings (SSSR count). The number of fused-ring (bicyclic) bond motifs is 1. The maximum Gasteiger partial charge on any atom is 0.309 e. The number of aryl methyl sites for hydroxylation is 1. The zero-order valence-electron chi connectivity index (χ0n) is 16.0. The minimum absolute atomic E-state index is 0.00356. The molecule has 0 unspecified atom stereocenters. The van der Waals surface area contributed by atoms with E-state index >= 15 is 0 Å². The normalized spacial score (nSPS) is 14.9. The molecule has 1 aliphatic heterocycles. The standard InChI is InChI=1S/C21H21N3O4S/c1-14-4-2-3-5-17(14)19(26)23-8-6-15(7-9-23)20(27)28-13-16-12-18(25)24-10-11-29-21(24)22-16/h2-5,10-12,15H,6-9,13H2,1H3. The highest BCUT2D eigenvalue weighted by molar-refractivity contribution is 7.15. The highest BCUT2D eigenvalue weighted by atomic mass is 32.1. The summed E-state index contributed by atoms with van der Waals surface area (Å²) in [6, 6.07) is 8.91. The van der Waals surface area contributed by atoms with Crippen LogP contribution < -0.4 is 5.56 Å². The van der Waals surface area contributed by atoms with Crippen molar-refractivity contribution in [3.05, 3.63) is 69.1 Å². The van der Waals surface area contributed by atoms with Crippen LogP contribution in [-0.4, -0.2) is 39.3 Å². The van der Waals surface area contributed by atoms with E-state index < -0.39 is 0 Å². The maximum atomic E-state index is 12.7. The molecule has 3 aromatic rings. The third-order valence-electron chi connectivity index (χ3n) is 5.21. The second-order valence-electron chi connectivity index (χ2n) is 7.13. The lowest BCUT2D eigenvalue weighted by atomic mass is 9.96. The third kappa shape index (κ3) is 4.07. The van der Waals surface area contributed by atoms with Gasteiger partial charge in [0, 0.05) is 36.3 Å². The zero-order valence-corrected chi connectivity index (χ0v) is 16.9. The summed E-state index contributed by atoms with van der Waals surface area (Å²) in [6.45, 7) is 2.94. The number of piperidine rings is 1. The number of benzene rings is 1. The Bertz CT molecular complexity index is 1110. The van der Waals surface area contributed by atoms with Crippen molar-refractivity contribution in [3.63, 3.8) is 0 Å². The Morgan fingerprint density at radius 2 is 2.00 bits per heavy atom. The molecule has 29 heavy (non-hydrogen) atoms. The number of amides is 1. The van der Waals surface area contributed by atoms with E-state index in [1.165, 1.54) is 21.8 Å². The highest BCUT2D eigenvalue weighted by Gasteiger charge is 2.29. The Morgan fingerprint density at radius 1 is 1.24 bits per heavy atom. The van der Waals surface area contributed by atoms with Gasteiger partial charge in [0.2, 0.25) is 0 Å². The van der Waals surface area contributed by atoms with Gasteiger partial charge in [-0.25, -0.2) is 4.98 Å². The first-order chi connectivity index (χ1) is 14.0. The number of carbonyl (C=O) groups is 2. The fraction of sp³-hybridized carbons (Fsp3) is 0.333. The molecule has 0 saturated carbocycles. The van der Waals surface area contributed by atoms with Crippen molar-refractivity contribution in [2.45, 2.75) is 26.4 Å². The summed E-state index contributed by atoms with van der Waals surface area (Å²) in [5.41, 5.74) is 1.91. The van der Waals surface area contributed by atoms with Gasteiger partial charge in [-0.05, 0) is 31.4 Å². The molecule has 3 heterocycles. The summed E-state index contributed by atoms with van der Waals surface area (Å²) in [7, 11) is 0. The largest absolute Gasteiger partial charge is 0.459 e. The van der Waals surface area contributed by atoms with Crippen molar-refractivity contribution < 1.29 is 14.3 Å². The SMILES string of the molecule is Cc1ccccc1C(=O)N1CCC(C(=O)OCc2cc(=O)n3ccsc3n2)CC1. The molecule has 0 spiro atoms. The van der Waals surface area contributed by atoms with Gasteiger partial charge >= 0.3 is 5.97 Å². The summed E-state index contributed by atoms with van der Waals surface area (Å²) >= 11 is 1.35. The Labute approximate surface area is 171 Å². The number of ether oxygens (including phenoxy) is 1. The van der Waals surface area contributed by atoms with E-state index in [1.807, 2.05) is 31.2 Å². The predicted octanol–water partition coefficient (Wildman–Crippen LogP) is 2.66. The van der Waals surface area contributed by atoms with E-state index in [0.717, 1.165) is 5.56 Å². The van der Waals surface area contributed by atoms with Crippen molar-refractivity contribution in [3.8, 4) is 0 Å². The number of hydrogen-bond donors (Lipinski definition) is 0. The predicted molar refractivity (Wildman–Crippen MR) is 109 cm³/mol. The molecule has 150 valence electrons. The van der Waals surface area contributed by atoms with E-state index in [-0.39, 0.29) is 30.0 Å². The molecule has 1 saturated heterocycles. The minimum atomic E-state index is -0.304. The molecule has 1 aliphatic rings. The topological polar surface area (TPSA) is 81.0 Å². The van der Waals surface area contributed by atoms with Crippen molar-refractivity contribution in [2.75, 3.05) is 13.1 Å². The molecular formula is C21H21N3O4S. The number of thiazole rings is 1. The van der Waals surface area contributed by atoms with Crippen LogP contribution in [0.5, 0.6) is 0 Å². The van der Waals surface area contributed by atoms with Crippen molar-refractivity contribution >= 4 is 28.2 Å². The summed E-state index contributed by atoms with van der Waals surface area (Å²) in [5.74, 6) is -0.549. The van der Waals surface area contributed by atoms with Crippen molar-refractivity contribution in [1.29, 1.82) is 0 Å². The second-order valence-corrected chi connectivity index (χ2v) is 8.00. The first kappa shape index (κ1) is 19.3. The van der Waals surface area contributed by atoms with Gasteiger partial charge in [-0.1, -0.05) is 18.2 Å². The fourth-order valence-corrected chi connectivity index (χ4v) is 4.26. The van der Waals surface area contributed by atoms with Crippen LogP contribution in [0.4, 0.5) is 0 Å². The number of hydrogen-bond acceptors (Lipinski definition) is 6. The third-order valence-corrected chi connectivity index (χ3v) is 5.97. The van der Waals surface area contributed by atoms with Gasteiger partial charge in [0.1, 0.15) is 6.61 Å². The van der Waals surface area contributed by atoms with E-state index in [2.05, 4.69) is 4.98 Å². The molecule has 0 radical (unpaired) electrons. The Morgan fingerprint density at radius 3 is 2.76 bits per heavy atom. The molecule has 0 bridgehead atoms. The molecule has 0 atom stereocenters. The van der Waals surface area contributed by atoms with Crippen LogP contribution in [0.25, 0.3) is 4.96 Å². The number of carbonyl (C=O) groups excluding carboxylic acids is 2. The van der Waals surface area contributed by atoms with Crippen LogP contribution in [0.1, 0.15) is 34.5 Å². The van der Waals surface area contributed by atoms with Gasteiger partial charge in [-0.15, -0.1) is 11.3 Å². The number of likely N-dealkylation sites (tertiary alicyclic amines) is 1. The van der Waals surface area contributed by atoms with Gasteiger partial charge in [-0.2, -0.15) is 0 Å². The Balaban J connectivity index is 1.32. The van der Waals surface area contributed by atoms with Crippen LogP contribution in [0.3, 0.4) is 0 Å². The second kappa shape index (κ2) is 8.16. The van der Waals surface area contributed by atoms with E-state index in [0.29, 0.717) is 42.1 Å². The number of esters is 1. The first-order valence-electron chi connectivity index (χ1n) is 9.50. The van der Waals surface area contributed by atoms with Crippen molar-refractivity contribution in [1.82, 2.24) is 14.3 Å². The van der Waals surface area contributed by atoms with E-state index in [9.17, 15) is 14.4 Å². The van der Waals surface area contributed by atoms with Crippen LogP contribution >= 0.6 is 11.3 Å². The van der Waals surface area contributed by atoms with E-state index in [1.54, 1.807) is 16.5 Å². The summed E-state index contributed by atoms with van der Waals surface area (Å²) in [4.78, 5) is 43.8. The lowest BCUT2D eigenvalue weighted by molar-refractivity contribution is -0.151. The van der Waals surface area contributed by atoms with Gasteiger partial charge in [0.15, 0.2) is 4.96 Å². The van der Waals surface area contributed by atoms with Gasteiger partial charge in [0.25, 0.3) is 11.5 Å². The van der Waals surface area contributed by atoms with Gasteiger partial charge in [0.05, 0.1) is 11.6 Å².